The summed E-state index contributed by atoms with van der Waals surface area (Å²) < 4.78 is 0. The molecule has 0 aromatic heterocycles. The van der Waals surface area contributed by atoms with Gasteiger partial charge in [0.1, 0.15) is 0 Å². The van der Waals surface area contributed by atoms with Crippen LogP contribution in [0.1, 0.15) is 15.9 Å². The Balaban J connectivity index is 1.73. The van der Waals surface area contributed by atoms with Crippen LogP contribution in [0.5, 0.6) is 0 Å². The molecule has 3 nitrogen and oxygen atoms in total. The summed E-state index contributed by atoms with van der Waals surface area (Å²) in [5, 5.41) is 1.34. The van der Waals surface area contributed by atoms with Crippen molar-refractivity contribution in [3.05, 3.63) is 108 Å². The van der Waals surface area contributed by atoms with E-state index in [-0.39, 0.29) is 5.91 Å². The maximum Gasteiger partial charge on any atom is 0.282 e. The van der Waals surface area contributed by atoms with Gasteiger partial charge in [0.15, 0.2) is 0 Å². The summed E-state index contributed by atoms with van der Waals surface area (Å²) in [4.78, 5) is 18.5. The van der Waals surface area contributed by atoms with Crippen LogP contribution in [0, 0.1) is 0 Å². The lowest BCUT2D eigenvalue weighted by molar-refractivity contribution is 0.0713. The minimum Gasteiger partial charge on any atom is -0.266 e. The molecule has 0 aliphatic heterocycles. The molecule has 0 bridgehead atoms. The number of rotatable bonds is 6. The third kappa shape index (κ3) is 4.66. The van der Waals surface area contributed by atoms with Crippen molar-refractivity contribution in [3.63, 3.8) is 0 Å². The predicted octanol–water partition coefficient (Wildman–Crippen LogP) is 4.98. The number of anilines is 1. The summed E-state index contributed by atoms with van der Waals surface area (Å²) in [6, 6.07) is 28.4. The molecule has 3 rings (SSSR count). The highest BCUT2D eigenvalue weighted by atomic mass is 16.7. The van der Waals surface area contributed by atoms with E-state index in [0.29, 0.717) is 17.9 Å². The SMILES string of the molecule is O=C(c1ccccc1)N(OC/C=C/c1ccccc1)c1ccccc1. The molecule has 124 valence electrons. The maximum absolute atomic E-state index is 12.8. The van der Waals surface area contributed by atoms with E-state index in [9.17, 15) is 4.79 Å². The number of para-hydroxylation sites is 1. The standard InChI is InChI=1S/C22H19NO2/c24-22(20-14-6-2-7-15-20)23(21-16-8-3-9-17-21)25-18-10-13-19-11-4-1-5-12-19/h1-17H,18H2/b13-10+. The van der Waals surface area contributed by atoms with Crippen molar-refractivity contribution in [2.24, 2.45) is 0 Å². The molecule has 3 aromatic carbocycles. The van der Waals surface area contributed by atoms with Crippen molar-refractivity contribution < 1.29 is 9.63 Å². The van der Waals surface area contributed by atoms with E-state index in [1.165, 1.54) is 5.06 Å². The van der Waals surface area contributed by atoms with Gasteiger partial charge in [-0.2, -0.15) is 5.06 Å². The molecular formula is C22H19NO2. The molecule has 1 amide bonds. The molecule has 0 unspecified atom stereocenters. The van der Waals surface area contributed by atoms with E-state index in [0.717, 1.165) is 5.56 Å². The first-order valence-corrected chi connectivity index (χ1v) is 8.13. The Bertz CT molecular complexity index is 814. The van der Waals surface area contributed by atoms with E-state index in [1.807, 2.05) is 91.0 Å². The van der Waals surface area contributed by atoms with Gasteiger partial charge in [-0.1, -0.05) is 78.9 Å². The molecule has 0 fully saturated rings. The van der Waals surface area contributed by atoms with Crippen molar-refractivity contribution in [3.8, 4) is 0 Å². The van der Waals surface area contributed by atoms with Crippen molar-refractivity contribution in [1.82, 2.24) is 0 Å². The summed E-state index contributed by atoms with van der Waals surface area (Å²) in [6.45, 7) is 0.294. The third-order valence-corrected chi connectivity index (χ3v) is 3.61. The Kier molecular flexibility index (Phi) is 5.75. The van der Waals surface area contributed by atoms with Gasteiger partial charge in [-0.15, -0.1) is 0 Å². The van der Waals surface area contributed by atoms with Crippen LogP contribution < -0.4 is 5.06 Å². The average molecular weight is 329 g/mol. The minimum atomic E-state index is -0.195. The summed E-state index contributed by atoms with van der Waals surface area (Å²) >= 11 is 0. The van der Waals surface area contributed by atoms with Crippen molar-refractivity contribution >= 4 is 17.7 Å². The van der Waals surface area contributed by atoms with Crippen LogP contribution in [0.15, 0.2) is 97.1 Å². The van der Waals surface area contributed by atoms with Gasteiger partial charge in [-0.05, 0) is 29.8 Å². The molecule has 25 heavy (non-hydrogen) atoms. The average Bonchev–Trinajstić information content (AvgIpc) is 2.70. The lowest BCUT2D eigenvalue weighted by Crippen LogP contribution is -2.31. The lowest BCUT2D eigenvalue weighted by Gasteiger charge is -2.21. The largest absolute Gasteiger partial charge is 0.282 e. The van der Waals surface area contributed by atoms with Crippen molar-refractivity contribution in [1.29, 1.82) is 0 Å². The first kappa shape index (κ1) is 16.7. The first-order valence-electron chi connectivity index (χ1n) is 8.13. The highest BCUT2D eigenvalue weighted by Gasteiger charge is 2.18. The fourth-order valence-corrected chi connectivity index (χ4v) is 2.38. The number of nitrogens with zero attached hydrogens (tertiary/aromatic N) is 1. The second kappa shape index (κ2) is 8.62. The predicted molar refractivity (Wildman–Crippen MR) is 101 cm³/mol. The molecule has 3 aromatic rings. The van der Waals surface area contributed by atoms with Gasteiger partial charge >= 0.3 is 0 Å². The topological polar surface area (TPSA) is 29.5 Å². The molecule has 0 saturated heterocycles. The Morgan fingerprint density at radius 2 is 1.36 bits per heavy atom. The number of hydrogen-bond donors (Lipinski definition) is 0. The molecule has 0 aliphatic carbocycles. The van der Waals surface area contributed by atoms with Crippen LogP contribution >= 0.6 is 0 Å². The van der Waals surface area contributed by atoms with Crippen LogP contribution in [0.3, 0.4) is 0 Å². The fourth-order valence-electron chi connectivity index (χ4n) is 2.38. The van der Waals surface area contributed by atoms with Crippen LogP contribution in [0.2, 0.25) is 0 Å². The van der Waals surface area contributed by atoms with E-state index in [2.05, 4.69) is 0 Å². The zero-order chi connectivity index (χ0) is 17.3. The molecule has 0 saturated carbocycles. The highest BCUT2D eigenvalue weighted by Crippen LogP contribution is 2.17. The zero-order valence-electron chi connectivity index (χ0n) is 13.8. The van der Waals surface area contributed by atoms with E-state index in [1.54, 1.807) is 12.1 Å². The van der Waals surface area contributed by atoms with Gasteiger partial charge in [0.25, 0.3) is 5.91 Å². The Hall–Kier alpha value is -3.17. The Morgan fingerprint density at radius 1 is 0.800 bits per heavy atom. The lowest BCUT2D eigenvalue weighted by atomic mass is 10.2. The minimum absolute atomic E-state index is 0.195. The number of hydroxylamine groups is 1. The summed E-state index contributed by atoms with van der Waals surface area (Å²) in [5.41, 5.74) is 2.37. The zero-order valence-corrected chi connectivity index (χ0v) is 13.8. The second-order valence-electron chi connectivity index (χ2n) is 5.41. The monoisotopic (exact) mass is 329 g/mol. The van der Waals surface area contributed by atoms with E-state index >= 15 is 0 Å². The van der Waals surface area contributed by atoms with E-state index < -0.39 is 0 Å². The third-order valence-electron chi connectivity index (χ3n) is 3.61. The van der Waals surface area contributed by atoms with Gasteiger partial charge in [0.2, 0.25) is 0 Å². The van der Waals surface area contributed by atoms with Crippen molar-refractivity contribution in [2.45, 2.75) is 0 Å². The smallest absolute Gasteiger partial charge is 0.266 e. The Labute approximate surface area is 147 Å². The number of amides is 1. The van der Waals surface area contributed by atoms with Gasteiger partial charge < -0.3 is 0 Å². The van der Waals surface area contributed by atoms with Crippen LogP contribution in [0.4, 0.5) is 5.69 Å². The summed E-state index contributed by atoms with van der Waals surface area (Å²) in [6.07, 6.45) is 3.86. The molecule has 0 spiro atoms. The van der Waals surface area contributed by atoms with Crippen molar-refractivity contribution in [2.75, 3.05) is 11.7 Å². The van der Waals surface area contributed by atoms with Crippen LogP contribution in [-0.4, -0.2) is 12.5 Å². The molecule has 0 atom stereocenters. The van der Waals surface area contributed by atoms with Gasteiger partial charge in [0, 0.05) is 5.56 Å². The molecule has 0 radical (unpaired) electrons. The summed E-state index contributed by atoms with van der Waals surface area (Å²) in [5.74, 6) is -0.195. The number of carbonyl (C=O) groups is 1. The second-order valence-corrected chi connectivity index (χ2v) is 5.41. The normalized spacial score (nSPS) is 10.7. The number of carbonyl (C=O) groups excluding carboxylic acids is 1. The fraction of sp³-hybridized carbons (Fsp3) is 0.0455. The van der Waals surface area contributed by atoms with Crippen LogP contribution in [-0.2, 0) is 4.84 Å². The number of hydrogen-bond acceptors (Lipinski definition) is 2. The first-order chi connectivity index (χ1) is 12.3. The van der Waals surface area contributed by atoms with E-state index in [4.69, 9.17) is 4.84 Å². The van der Waals surface area contributed by atoms with Gasteiger partial charge in [0.05, 0.1) is 12.3 Å². The molecular weight excluding hydrogens is 310 g/mol. The highest BCUT2D eigenvalue weighted by molar-refractivity contribution is 6.04. The maximum atomic E-state index is 12.8. The molecule has 0 heterocycles. The quantitative estimate of drug-likeness (QED) is 0.597. The molecule has 0 N–H and O–H groups in total. The van der Waals surface area contributed by atoms with Crippen LogP contribution in [0.25, 0.3) is 6.08 Å². The number of benzene rings is 3. The molecule has 3 heteroatoms. The summed E-state index contributed by atoms with van der Waals surface area (Å²) in [7, 11) is 0. The van der Waals surface area contributed by atoms with Gasteiger partial charge in [-0.3, -0.25) is 9.63 Å². The van der Waals surface area contributed by atoms with Gasteiger partial charge in [-0.25, -0.2) is 0 Å². The molecule has 0 aliphatic rings. The Morgan fingerprint density at radius 3 is 2.00 bits per heavy atom.